The highest BCUT2D eigenvalue weighted by Gasteiger charge is 2.28. The van der Waals surface area contributed by atoms with Crippen LogP contribution in [0, 0.1) is 5.82 Å². The number of carbonyl (C=O) groups excluding carboxylic acids is 3. The number of rotatable bonds is 8. The van der Waals surface area contributed by atoms with Crippen molar-refractivity contribution in [1.29, 1.82) is 0 Å². The molecule has 0 spiro atoms. The number of hydrogen-bond acceptors (Lipinski definition) is 6. The number of nitrogens with one attached hydrogen (secondary N) is 2. The summed E-state index contributed by atoms with van der Waals surface area (Å²) < 4.78 is 20.4. The fraction of sp³-hybridized carbons (Fsp3) is 0.107. The summed E-state index contributed by atoms with van der Waals surface area (Å²) >= 11 is 0. The van der Waals surface area contributed by atoms with Crippen molar-refractivity contribution in [1.82, 2.24) is 9.55 Å². The van der Waals surface area contributed by atoms with Crippen LogP contribution in [0.25, 0.3) is 16.8 Å². The van der Waals surface area contributed by atoms with Crippen LogP contribution in [0.4, 0.5) is 31.0 Å². The molecule has 0 aliphatic carbocycles. The molecule has 4 aromatic rings. The van der Waals surface area contributed by atoms with Gasteiger partial charge in [0.25, 0.3) is 0 Å². The third-order valence-electron chi connectivity index (χ3n) is 6.15. The highest BCUT2D eigenvalue weighted by molar-refractivity contribution is 6.13. The molecule has 11 nitrogen and oxygen atoms in total. The van der Waals surface area contributed by atoms with E-state index in [-0.39, 0.29) is 24.5 Å². The van der Waals surface area contributed by atoms with Gasteiger partial charge in [-0.25, -0.2) is 19.0 Å². The number of cyclic esters (lactones) is 1. The first-order valence-electron chi connectivity index (χ1n) is 12.1. The second-order valence-electron chi connectivity index (χ2n) is 8.79. The molecule has 2 heterocycles. The number of imidazole rings is 1. The zero-order chi connectivity index (χ0) is 28.2. The van der Waals surface area contributed by atoms with E-state index >= 15 is 0 Å². The molecule has 202 valence electrons. The minimum Gasteiger partial charge on any atom is -0.465 e. The van der Waals surface area contributed by atoms with Crippen molar-refractivity contribution < 1.29 is 33.4 Å². The van der Waals surface area contributed by atoms with Gasteiger partial charge in [0.1, 0.15) is 12.4 Å². The van der Waals surface area contributed by atoms with Crippen molar-refractivity contribution in [3.8, 4) is 16.8 Å². The van der Waals surface area contributed by atoms with Crippen LogP contribution in [0.3, 0.4) is 0 Å². The first-order valence-corrected chi connectivity index (χ1v) is 12.1. The molecule has 1 aliphatic heterocycles. The van der Waals surface area contributed by atoms with Crippen molar-refractivity contribution in [3.05, 3.63) is 90.8 Å². The Hall–Kier alpha value is -5.52. The molecule has 5 rings (SSSR count). The average Bonchev–Trinajstić information content (AvgIpc) is 3.62. The van der Waals surface area contributed by atoms with Gasteiger partial charge in [0, 0.05) is 29.2 Å². The summed E-state index contributed by atoms with van der Waals surface area (Å²) in [6.07, 6.45) is 2.33. The molecule has 0 unspecified atom stereocenters. The molecule has 1 aromatic heterocycles. The van der Waals surface area contributed by atoms with E-state index in [1.165, 1.54) is 41.3 Å². The summed E-state index contributed by atoms with van der Waals surface area (Å²) in [6.45, 7) is 0.337. The Kier molecular flexibility index (Phi) is 7.22. The highest BCUT2D eigenvalue weighted by atomic mass is 19.1. The number of nitrogens with zero attached hydrogens (tertiary/aromatic N) is 3. The van der Waals surface area contributed by atoms with E-state index in [4.69, 9.17) is 4.74 Å². The molecule has 1 fully saturated rings. The summed E-state index contributed by atoms with van der Waals surface area (Å²) in [6, 6.07) is 15.0. The summed E-state index contributed by atoms with van der Waals surface area (Å²) in [5.74, 6) is -1.62. The lowest BCUT2D eigenvalue weighted by Gasteiger charge is -2.21. The molecule has 0 bridgehead atoms. The Bertz CT molecular complexity index is 1600. The normalized spacial score (nSPS) is 12.6. The molecule has 1 aliphatic rings. The molecule has 0 radical (unpaired) electrons. The van der Waals surface area contributed by atoms with Gasteiger partial charge in [-0.1, -0.05) is 24.3 Å². The number of anilines is 3. The Balaban J connectivity index is 1.46. The summed E-state index contributed by atoms with van der Waals surface area (Å²) in [5.41, 5.74) is 2.21. The fourth-order valence-corrected chi connectivity index (χ4v) is 4.30. The lowest BCUT2D eigenvalue weighted by Crippen LogP contribution is -2.25. The first-order chi connectivity index (χ1) is 19.3. The maximum absolute atomic E-state index is 13.6. The van der Waals surface area contributed by atoms with E-state index in [1.54, 1.807) is 47.6 Å². The van der Waals surface area contributed by atoms with Crippen LogP contribution < -0.4 is 15.5 Å². The van der Waals surface area contributed by atoms with Gasteiger partial charge in [-0.05, 0) is 42.0 Å². The quantitative estimate of drug-likeness (QED) is 0.211. The van der Waals surface area contributed by atoms with E-state index < -0.39 is 36.1 Å². The van der Waals surface area contributed by atoms with Gasteiger partial charge in [-0.3, -0.25) is 19.8 Å². The second-order valence-corrected chi connectivity index (χ2v) is 8.79. The molecule has 0 atom stereocenters. The topological polar surface area (TPSA) is 143 Å². The van der Waals surface area contributed by atoms with Gasteiger partial charge in [-0.2, -0.15) is 0 Å². The Morgan fingerprint density at radius 3 is 2.48 bits per heavy atom. The van der Waals surface area contributed by atoms with Crippen molar-refractivity contribution in [2.45, 2.75) is 6.42 Å². The number of carboxylic acid groups (broad SMARTS) is 1. The first kappa shape index (κ1) is 26.1. The van der Waals surface area contributed by atoms with E-state index in [9.17, 15) is 28.7 Å². The van der Waals surface area contributed by atoms with Crippen molar-refractivity contribution in [3.63, 3.8) is 0 Å². The summed E-state index contributed by atoms with van der Waals surface area (Å²) in [7, 11) is 0. The summed E-state index contributed by atoms with van der Waals surface area (Å²) in [5, 5.41) is 14.2. The molecule has 12 heteroatoms. The van der Waals surface area contributed by atoms with Crippen LogP contribution in [0.5, 0.6) is 0 Å². The van der Waals surface area contributed by atoms with Crippen LogP contribution >= 0.6 is 0 Å². The van der Waals surface area contributed by atoms with Gasteiger partial charge in [0.05, 0.1) is 36.4 Å². The van der Waals surface area contributed by atoms with Crippen LogP contribution in [-0.2, 0) is 9.53 Å². The van der Waals surface area contributed by atoms with Crippen molar-refractivity contribution in [2.24, 2.45) is 0 Å². The molecule has 1 saturated heterocycles. The number of ketones is 1. The average molecular weight is 544 g/mol. The fourth-order valence-electron chi connectivity index (χ4n) is 4.30. The maximum Gasteiger partial charge on any atom is 0.414 e. The highest BCUT2D eigenvalue weighted by Crippen LogP contribution is 2.39. The van der Waals surface area contributed by atoms with Crippen LogP contribution in [0.2, 0.25) is 0 Å². The molecule has 3 N–H and O–H groups in total. The largest absolute Gasteiger partial charge is 0.465 e. The van der Waals surface area contributed by atoms with E-state index in [0.717, 1.165) is 0 Å². The standard InChI is InChI=1S/C28H22FN5O6/c29-19-6-4-17(5-7-19)21-13-22(23(32-27(37)38)14-24(21)34-10-11-40-28(34)39)31-26(36)15-25(35)18-2-1-3-20(12-18)33-9-8-30-16-33/h1-9,12-14,16,32H,10-11,15H2,(H,31,36)(H,37,38). The number of Topliss-reactive ketones (excluding diaryl/α,β-unsaturated/α-hetero) is 1. The zero-order valence-corrected chi connectivity index (χ0v) is 20.8. The van der Waals surface area contributed by atoms with Gasteiger partial charge in [0.2, 0.25) is 5.91 Å². The number of halogens is 1. The minimum absolute atomic E-state index is 0.0315. The smallest absolute Gasteiger partial charge is 0.414 e. The lowest BCUT2D eigenvalue weighted by atomic mass is 10.0. The van der Waals surface area contributed by atoms with E-state index in [0.29, 0.717) is 28.1 Å². The third kappa shape index (κ3) is 5.65. The number of aromatic nitrogens is 2. The minimum atomic E-state index is -1.41. The molecule has 0 saturated carbocycles. The lowest BCUT2D eigenvalue weighted by molar-refractivity contribution is -0.115. The molecule has 3 aromatic carbocycles. The van der Waals surface area contributed by atoms with Crippen molar-refractivity contribution >= 4 is 40.9 Å². The summed E-state index contributed by atoms with van der Waals surface area (Å²) in [4.78, 5) is 55.1. The predicted octanol–water partition coefficient (Wildman–Crippen LogP) is 4.94. The molecular weight excluding hydrogens is 521 g/mol. The SMILES string of the molecule is O=C(O)Nc1cc(N2CCOC2=O)c(-c2ccc(F)cc2)cc1NC(=O)CC(=O)c1cccc(-n2ccnc2)c1. The monoisotopic (exact) mass is 543 g/mol. The Morgan fingerprint density at radius 2 is 1.80 bits per heavy atom. The number of carbonyl (C=O) groups is 4. The van der Waals surface area contributed by atoms with Crippen LogP contribution in [0.1, 0.15) is 16.8 Å². The van der Waals surface area contributed by atoms with Gasteiger partial charge in [-0.15, -0.1) is 0 Å². The van der Waals surface area contributed by atoms with E-state index in [2.05, 4.69) is 15.6 Å². The Labute approximate surface area is 226 Å². The number of hydrogen-bond donors (Lipinski definition) is 3. The van der Waals surface area contributed by atoms with Gasteiger partial charge >= 0.3 is 12.2 Å². The number of amides is 3. The van der Waals surface area contributed by atoms with Gasteiger partial charge < -0.3 is 19.7 Å². The molecule has 40 heavy (non-hydrogen) atoms. The molecular formula is C28H22FN5O6. The number of ether oxygens (including phenoxy) is 1. The van der Waals surface area contributed by atoms with E-state index in [1.807, 2.05) is 0 Å². The number of benzene rings is 3. The predicted molar refractivity (Wildman–Crippen MR) is 143 cm³/mol. The molecule has 3 amide bonds. The zero-order valence-electron chi connectivity index (χ0n) is 20.8. The van der Waals surface area contributed by atoms with Gasteiger partial charge in [0.15, 0.2) is 5.78 Å². The van der Waals surface area contributed by atoms with Crippen LogP contribution in [-0.4, -0.2) is 51.7 Å². The second kappa shape index (κ2) is 11.1. The Morgan fingerprint density at radius 1 is 1.02 bits per heavy atom. The maximum atomic E-state index is 13.6. The van der Waals surface area contributed by atoms with Crippen molar-refractivity contribution in [2.75, 3.05) is 28.7 Å². The van der Waals surface area contributed by atoms with Crippen LogP contribution in [0.15, 0.2) is 79.4 Å². The third-order valence-corrected chi connectivity index (χ3v) is 6.15.